The maximum Gasteiger partial charge on any atom is 0.0432 e. The molecule has 4 rings (SSSR count). The fourth-order valence-corrected chi connectivity index (χ4v) is 3.69. The number of aryl methyl sites for hydroxylation is 2. The SMILES string of the molecule is Cc1ccccc1/C=C\c1ccc(C(Cc2ccccc2C)c2ccc[nH]2)[nH]1. The molecule has 0 saturated heterocycles. The van der Waals surface area contributed by atoms with Crippen LogP contribution >= 0.6 is 0 Å². The number of aromatic amines is 2. The molecule has 28 heavy (non-hydrogen) atoms. The van der Waals surface area contributed by atoms with Gasteiger partial charge in [-0.2, -0.15) is 0 Å². The van der Waals surface area contributed by atoms with Crippen LogP contribution in [0.2, 0.25) is 0 Å². The van der Waals surface area contributed by atoms with E-state index in [1.807, 2.05) is 6.20 Å². The van der Waals surface area contributed by atoms with E-state index in [4.69, 9.17) is 0 Å². The number of benzene rings is 2. The minimum absolute atomic E-state index is 0.275. The second kappa shape index (κ2) is 8.18. The van der Waals surface area contributed by atoms with Crippen molar-refractivity contribution in [3.05, 3.63) is 118 Å². The van der Waals surface area contributed by atoms with E-state index < -0.39 is 0 Å². The summed E-state index contributed by atoms with van der Waals surface area (Å²) in [5, 5.41) is 0. The van der Waals surface area contributed by atoms with Gasteiger partial charge in [0.1, 0.15) is 0 Å². The van der Waals surface area contributed by atoms with Gasteiger partial charge < -0.3 is 9.97 Å². The molecule has 2 heterocycles. The van der Waals surface area contributed by atoms with Gasteiger partial charge in [-0.25, -0.2) is 0 Å². The Morgan fingerprint density at radius 1 is 0.750 bits per heavy atom. The highest BCUT2D eigenvalue weighted by molar-refractivity contribution is 5.69. The number of H-pyrrole nitrogens is 2. The fraction of sp³-hybridized carbons (Fsp3) is 0.154. The van der Waals surface area contributed by atoms with E-state index in [9.17, 15) is 0 Å². The third-order valence-corrected chi connectivity index (χ3v) is 5.42. The Hall–Kier alpha value is -3.26. The second-order valence-corrected chi connectivity index (χ2v) is 7.37. The molecule has 0 aliphatic heterocycles. The van der Waals surface area contributed by atoms with E-state index in [1.165, 1.54) is 33.6 Å². The molecule has 2 nitrogen and oxygen atoms in total. The number of aromatic nitrogens is 2. The summed E-state index contributed by atoms with van der Waals surface area (Å²) in [5.74, 6) is 0.275. The molecule has 0 bridgehead atoms. The first-order chi connectivity index (χ1) is 13.7. The van der Waals surface area contributed by atoms with Crippen LogP contribution in [0.4, 0.5) is 0 Å². The Labute approximate surface area is 167 Å². The van der Waals surface area contributed by atoms with E-state index >= 15 is 0 Å². The molecule has 2 aromatic heterocycles. The molecule has 140 valence electrons. The highest BCUT2D eigenvalue weighted by atomic mass is 14.8. The molecule has 0 aliphatic carbocycles. The summed E-state index contributed by atoms with van der Waals surface area (Å²) >= 11 is 0. The van der Waals surface area contributed by atoms with E-state index in [0.717, 1.165) is 12.1 Å². The minimum atomic E-state index is 0.275. The molecule has 2 N–H and O–H groups in total. The Kier molecular flexibility index (Phi) is 5.29. The molecule has 0 radical (unpaired) electrons. The maximum absolute atomic E-state index is 3.62. The van der Waals surface area contributed by atoms with Gasteiger partial charge in [-0.05, 0) is 72.9 Å². The Morgan fingerprint density at radius 2 is 1.54 bits per heavy atom. The largest absolute Gasteiger partial charge is 0.364 e. The number of hydrogen-bond acceptors (Lipinski definition) is 0. The maximum atomic E-state index is 3.62. The zero-order valence-electron chi connectivity index (χ0n) is 16.4. The van der Waals surface area contributed by atoms with Gasteiger partial charge in [0.25, 0.3) is 0 Å². The molecule has 0 spiro atoms. The smallest absolute Gasteiger partial charge is 0.0432 e. The van der Waals surface area contributed by atoms with Gasteiger partial charge in [-0.15, -0.1) is 0 Å². The van der Waals surface area contributed by atoms with Gasteiger partial charge in [0.2, 0.25) is 0 Å². The lowest BCUT2D eigenvalue weighted by Gasteiger charge is -2.16. The minimum Gasteiger partial charge on any atom is -0.364 e. The highest BCUT2D eigenvalue weighted by Crippen LogP contribution is 2.28. The molecule has 0 saturated carbocycles. The molecule has 4 aromatic rings. The quantitative estimate of drug-likeness (QED) is 0.390. The van der Waals surface area contributed by atoms with Crippen LogP contribution in [-0.2, 0) is 6.42 Å². The normalized spacial score (nSPS) is 12.5. The van der Waals surface area contributed by atoms with Gasteiger partial charge >= 0.3 is 0 Å². The lowest BCUT2D eigenvalue weighted by molar-refractivity contribution is 0.755. The Balaban J connectivity index is 1.61. The topological polar surface area (TPSA) is 31.6 Å². The summed E-state index contributed by atoms with van der Waals surface area (Å²) in [6, 6.07) is 25.7. The summed E-state index contributed by atoms with van der Waals surface area (Å²) < 4.78 is 0. The highest BCUT2D eigenvalue weighted by Gasteiger charge is 2.18. The fourth-order valence-electron chi connectivity index (χ4n) is 3.69. The second-order valence-electron chi connectivity index (χ2n) is 7.37. The van der Waals surface area contributed by atoms with Gasteiger partial charge in [-0.1, -0.05) is 54.6 Å². The zero-order chi connectivity index (χ0) is 19.3. The van der Waals surface area contributed by atoms with Crippen LogP contribution in [0.15, 0.2) is 79.0 Å². The first-order valence-corrected chi connectivity index (χ1v) is 9.81. The third kappa shape index (κ3) is 4.01. The number of hydrogen-bond donors (Lipinski definition) is 2. The summed E-state index contributed by atoms with van der Waals surface area (Å²) in [5.41, 5.74) is 8.85. The van der Waals surface area contributed by atoms with Crippen LogP contribution in [0.3, 0.4) is 0 Å². The lowest BCUT2D eigenvalue weighted by Crippen LogP contribution is -2.07. The Morgan fingerprint density at radius 3 is 2.29 bits per heavy atom. The van der Waals surface area contributed by atoms with E-state index in [1.54, 1.807) is 0 Å². The van der Waals surface area contributed by atoms with Gasteiger partial charge in [0, 0.05) is 29.2 Å². The molecular formula is C26H26N2. The summed E-state index contributed by atoms with van der Waals surface area (Å²) in [6.07, 6.45) is 7.30. The average molecular weight is 367 g/mol. The standard InChI is InChI=1S/C26H26N2/c1-19-8-3-5-10-21(19)13-14-23-15-16-26(28-23)24(25-12-7-17-27-25)18-22-11-6-4-9-20(22)2/h3-17,24,27-28H,18H2,1-2H3/b14-13-. The molecule has 2 heteroatoms. The van der Waals surface area contributed by atoms with E-state index in [2.05, 4.69) is 109 Å². The van der Waals surface area contributed by atoms with Crippen molar-refractivity contribution in [1.82, 2.24) is 9.97 Å². The van der Waals surface area contributed by atoms with Crippen molar-refractivity contribution in [2.24, 2.45) is 0 Å². The van der Waals surface area contributed by atoms with Crippen molar-refractivity contribution in [1.29, 1.82) is 0 Å². The van der Waals surface area contributed by atoms with Crippen LogP contribution < -0.4 is 0 Å². The van der Waals surface area contributed by atoms with Crippen molar-refractivity contribution in [3.63, 3.8) is 0 Å². The zero-order valence-corrected chi connectivity index (χ0v) is 16.4. The van der Waals surface area contributed by atoms with Gasteiger partial charge in [0.05, 0.1) is 0 Å². The van der Waals surface area contributed by atoms with Crippen LogP contribution in [-0.4, -0.2) is 9.97 Å². The van der Waals surface area contributed by atoms with Crippen molar-refractivity contribution in [2.75, 3.05) is 0 Å². The van der Waals surface area contributed by atoms with Crippen molar-refractivity contribution in [3.8, 4) is 0 Å². The van der Waals surface area contributed by atoms with Crippen LogP contribution in [0.25, 0.3) is 12.2 Å². The van der Waals surface area contributed by atoms with E-state index in [-0.39, 0.29) is 5.92 Å². The van der Waals surface area contributed by atoms with Gasteiger partial charge in [-0.3, -0.25) is 0 Å². The van der Waals surface area contributed by atoms with Crippen molar-refractivity contribution < 1.29 is 0 Å². The van der Waals surface area contributed by atoms with E-state index in [0.29, 0.717) is 0 Å². The van der Waals surface area contributed by atoms with Gasteiger partial charge in [0.15, 0.2) is 0 Å². The summed E-state index contributed by atoms with van der Waals surface area (Å²) in [6.45, 7) is 4.33. The molecular weight excluding hydrogens is 340 g/mol. The molecule has 0 amide bonds. The van der Waals surface area contributed by atoms with Crippen molar-refractivity contribution >= 4 is 12.2 Å². The van der Waals surface area contributed by atoms with Crippen LogP contribution in [0, 0.1) is 13.8 Å². The average Bonchev–Trinajstić information content (AvgIpc) is 3.39. The monoisotopic (exact) mass is 366 g/mol. The predicted molar refractivity (Wildman–Crippen MR) is 118 cm³/mol. The molecule has 2 aromatic carbocycles. The molecule has 0 aliphatic rings. The predicted octanol–water partition coefficient (Wildman–Crippen LogP) is 6.50. The molecule has 0 fully saturated rings. The first kappa shape index (κ1) is 18.1. The number of nitrogens with one attached hydrogen (secondary N) is 2. The van der Waals surface area contributed by atoms with Crippen LogP contribution in [0.1, 0.15) is 45.3 Å². The van der Waals surface area contributed by atoms with Crippen LogP contribution in [0.5, 0.6) is 0 Å². The Bertz CT molecular complexity index is 1070. The summed E-state index contributed by atoms with van der Waals surface area (Å²) in [7, 11) is 0. The first-order valence-electron chi connectivity index (χ1n) is 9.81. The molecule has 1 atom stereocenters. The molecule has 1 unspecified atom stereocenters. The number of rotatable bonds is 6. The third-order valence-electron chi connectivity index (χ3n) is 5.42. The summed E-state index contributed by atoms with van der Waals surface area (Å²) in [4.78, 5) is 7.04. The van der Waals surface area contributed by atoms with Crippen molar-refractivity contribution in [2.45, 2.75) is 26.2 Å². The lowest BCUT2D eigenvalue weighted by atomic mass is 9.91.